The summed E-state index contributed by atoms with van der Waals surface area (Å²) in [4.78, 5) is 30.7. The van der Waals surface area contributed by atoms with Gasteiger partial charge in [0, 0.05) is 19.6 Å². The Labute approximate surface area is 153 Å². The molecule has 1 fully saturated rings. The number of benzene rings is 1. The number of methoxy groups -OCH3 is 1. The Bertz CT molecular complexity index is 768. The molecule has 136 valence electrons. The van der Waals surface area contributed by atoms with Crippen LogP contribution >= 0.6 is 0 Å². The van der Waals surface area contributed by atoms with Gasteiger partial charge in [-0.1, -0.05) is 18.2 Å². The van der Waals surface area contributed by atoms with Crippen LogP contribution in [0.25, 0.3) is 0 Å². The Morgan fingerprint density at radius 3 is 2.46 bits per heavy atom. The molecule has 1 aromatic heterocycles. The highest BCUT2D eigenvalue weighted by molar-refractivity contribution is 5.96. The minimum atomic E-state index is -0.269. The van der Waals surface area contributed by atoms with E-state index in [-0.39, 0.29) is 17.5 Å². The molecule has 1 aliphatic heterocycles. The topological polar surface area (TPSA) is 71.5 Å². The van der Waals surface area contributed by atoms with E-state index in [1.165, 1.54) is 0 Å². The zero-order valence-corrected chi connectivity index (χ0v) is 14.9. The van der Waals surface area contributed by atoms with Crippen molar-refractivity contribution in [2.24, 2.45) is 0 Å². The van der Waals surface area contributed by atoms with Crippen molar-refractivity contribution in [2.75, 3.05) is 26.7 Å². The van der Waals surface area contributed by atoms with Gasteiger partial charge in [-0.05, 0) is 49.1 Å². The molecule has 26 heavy (non-hydrogen) atoms. The molecule has 1 aliphatic rings. The summed E-state index contributed by atoms with van der Waals surface area (Å²) in [6, 6.07) is 12.7. The summed E-state index contributed by atoms with van der Waals surface area (Å²) in [5, 5.41) is 2.85. The van der Waals surface area contributed by atoms with Crippen molar-refractivity contribution >= 4 is 11.8 Å². The standard InChI is InChI=1S/C20H23N3O3/c1-26-16-9-7-15(8-10-16)11-12-21-19(24)17-5-4-6-18(22-17)20(25)23-13-2-3-14-23/h4-10H,2-3,11-14H2,1H3,(H,21,24). The van der Waals surface area contributed by atoms with Gasteiger partial charge in [0.15, 0.2) is 0 Å². The molecule has 1 saturated heterocycles. The second kappa shape index (κ2) is 8.47. The van der Waals surface area contributed by atoms with Gasteiger partial charge >= 0.3 is 0 Å². The van der Waals surface area contributed by atoms with Crippen molar-refractivity contribution in [1.82, 2.24) is 15.2 Å². The number of ether oxygens (including phenoxy) is 1. The molecular formula is C20H23N3O3. The molecule has 1 N–H and O–H groups in total. The molecular weight excluding hydrogens is 330 g/mol. The summed E-state index contributed by atoms with van der Waals surface area (Å²) in [6.07, 6.45) is 2.76. The van der Waals surface area contributed by atoms with Crippen LogP contribution in [-0.4, -0.2) is 48.4 Å². The van der Waals surface area contributed by atoms with Crippen molar-refractivity contribution in [3.63, 3.8) is 0 Å². The number of hydrogen-bond donors (Lipinski definition) is 1. The van der Waals surface area contributed by atoms with Gasteiger partial charge in [-0.15, -0.1) is 0 Å². The van der Waals surface area contributed by atoms with E-state index in [0.717, 1.165) is 37.2 Å². The first kappa shape index (κ1) is 17.9. The lowest BCUT2D eigenvalue weighted by Crippen LogP contribution is -2.30. The van der Waals surface area contributed by atoms with Crippen LogP contribution in [0.1, 0.15) is 39.4 Å². The summed E-state index contributed by atoms with van der Waals surface area (Å²) in [5.41, 5.74) is 1.71. The smallest absolute Gasteiger partial charge is 0.272 e. The van der Waals surface area contributed by atoms with Crippen molar-refractivity contribution in [1.29, 1.82) is 0 Å². The van der Waals surface area contributed by atoms with Gasteiger partial charge in [-0.3, -0.25) is 9.59 Å². The minimum absolute atomic E-state index is 0.101. The summed E-state index contributed by atoms with van der Waals surface area (Å²) in [5.74, 6) is 0.437. The molecule has 1 aromatic carbocycles. The van der Waals surface area contributed by atoms with Crippen molar-refractivity contribution in [3.05, 3.63) is 59.4 Å². The van der Waals surface area contributed by atoms with Gasteiger partial charge in [0.05, 0.1) is 7.11 Å². The quantitative estimate of drug-likeness (QED) is 0.865. The first-order valence-electron chi connectivity index (χ1n) is 8.85. The van der Waals surface area contributed by atoms with Gasteiger partial charge in [0.1, 0.15) is 17.1 Å². The second-order valence-corrected chi connectivity index (χ2v) is 6.26. The number of pyridine rings is 1. The summed E-state index contributed by atoms with van der Waals surface area (Å²) >= 11 is 0. The van der Waals surface area contributed by atoms with Crippen LogP contribution in [0.5, 0.6) is 5.75 Å². The van der Waals surface area contributed by atoms with Crippen LogP contribution in [0, 0.1) is 0 Å². The maximum Gasteiger partial charge on any atom is 0.272 e. The first-order chi connectivity index (χ1) is 12.7. The Morgan fingerprint density at radius 1 is 1.08 bits per heavy atom. The lowest BCUT2D eigenvalue weighted by molar-refractivity contribution is 0.0787. The second-order valence-electron chi connectivity index (χ2n) is 6.26. The van der Waals surface area contributed by atoms with E-state index in [0.29, 0.717) is 18.7 Å². The highest BCUT2D eigenvalue weighted by atomic mass is 16.5. The minimum Gasteiger partial charge on any atom is -0.497 e. The van der Waals surface area contributed by atoms with Crippen molar-refractivity contribution in [2.45, 2.75) is 19.3 Å². The van der Waals surface area contributed by atoms with Crippen molar-refractivity contribution in [3.8, 4) is 5.75 Å². The fourth-order valence-corrected chi connectivity index (χ4v) is 2.97. The van der Waals surface area contributed by atoms with Crippen molar-refractivity contribution < 1.29 is 14.3 Å². The average molecular weight is 353 g/mol. The van der Waals surface area contributed by atoms with E-state index < -0.39 is 0 Å². The van der Waals surface area contributed by atoms with Crippen LogP contribution in [0.3, 0.4) is 0 Å². The molecule has 2 amide bonds. The molecule has 6 heteroatoms. The Kier molecular flexibility index (Phi) is 5.84. The number of amides is 2. The summed E-state index contributed by atoms with van der Waals surface area (Å²) in [6.45, 7) is 2.02. The Morgan fingerprint density at radius 2 is 1.77 bits per heavy atom. The fourth-order valence-electron chi connectivity index (χ4n) is 2.97. The molecule has 2 heterocycles. The van der Waals surface area contributed by atoms with Gasteiger partial charge in [0.25, 0.3) is 11.8 Å². The van der Waals surface area contributed by atoms with Gasteiger partial charge in [-0.2, -0.15) is 0 Å². The third kappa shape index (κ3) is 4.39. The molecule has 0 saturated carbocycles. The highest BCUT2D eigenvalue weighted by Crippen LogP contribution is 2.13. The van der Waals surface area contributed by atoms with Gasteiger partial charge in [-0.25, -0.2) is 4.98 Å². The summed E-state index contributed by atoms with van der Waals surface area (Å²) in [7, 11) is 1.63. The normalized spacial score (nSPS) is 13.5. The summed E-state index contributed by atoms with van der Waals surface area (Å²) < 4.78 is 5.13. The van der Waals surface area contributed by atoms with Crippen LogP contribution in [0.2, 0.25) is 0 Å². The number of aromatic nitrogens is 1. The van der Waals surface area contributed by atoms with Gasteiger partial charge in [0.2, 0.25) is 0 Å². The maximum atomic E-state index is 12.4. The van der Waals surface area contributed by atoms with Crippen LogP contribution in [-0.2, 0) is 6.42 Å². The number of nitrogens with one attached hydrogen (secondary N) is 1. The van der Waals surface area contributed by atoms with E-state index in [9.17, 15) is 9.59 Å². The number of hydrogen-bond acceptors (Lipinski definition) is 4. The zero-order valence-electron chi connectivity index (χ0n) is 14.9. The fraction of sp³-hybridized carbons (Fsp3) is 0.350. The first-order valence-corrected chi connectivity index (χ1v) is 8.85. The molecule has 0 bridgehead atoms. The molecule has 0 spiro atoms. The molecule has 6 nitrogen and oxygen atoms in total. The van der Waals surface area contributed by atoms with E-state index in [4.69, 9.17) is 4.74 Å². The lowest BCUT2D eigenvalue weighted by Gasteiger charge is -2.14. The van der Waals surface area contributed by atoms with E-state index in [1.807, 2.05) is 24.3 Å². The Balaban J connectivity index is 1.55. The molecule has 0 radical (unpaired) electrons. The average Bonchev–Trinajstić information content (AvgIpc) is 3.23. The molecule has 0 unspecified atom stereocenters. The maximum absolute atomic E-state index is 12.4. The number of rotatable bonds is 6. The van der Waals surface area contributed by atoms with E-state index in [2.05, 4.69) is 10.3 Å². The number of nitrogens with zero attached hydrogens (tertiary/aromatic N) is 2. The number of likely N-dealkylation sites (tertiary alicyclic amines) is 1. The molecule has 0 aliphatic carbocycles. The third-order valence-corrected chi connectivity index (χ3v) is 4.45. The zero-order chi connectivity index (χ0) is 18.4. The number of carbonyl (C=O) groups excluding carboxylic acids is 2. The largest absolute Gasteiger partial charge is 0.497 e. The number of carbonyl (C=O) groups is 2. The van der Waals surface area contributed by atoms with Crippen LogP contribution < -0.4 is 10.1 Å². The van der Waals surface area contributed by atoms with Crippen LogP contribution in [0.4, 0.5) is 0 Å². The molecule has 3 rings (SSSR count). The molecule has 0 atom stereocenters. The van der Waals surface area contributed by atoms with Crippen LogP contribution in [0.15, 0.2) is 42.5 Å². The van der Waals surface area contributed by atoms with E-state index in [1.54, 1.807) is 30.2 Å². The van der Waals surface area contributed by atoms with E-state index >= 15 is 0 Å². The third-order valence-electron chi connectivity index (χ3n) is 4.45. The molecule has 2 aromatic rings. The SMILES string of the molecule is COc1ccc(CCNC(=O)c2cccc(C(=O)N3CCCC3)n2)cc1. The predicted molar refractivity (Wildman–Crippen MR) is 98.4 cm³/mol. The Hall–Kier alpha value is -2.89. The van der Waals surface area contributed by atoms with Gasteiger partial charge < -0.3 is 15.0 Å². The lowest BCUT2D eigenvalue weighted by atomic mass is 10.1. The highest BCUT2D eigenvalue weighted by Gasteiger charge is 2.21. The predicted octanol–water partition coefficient (Wildman–Crippen LogP) is 2.30. The monoisotopic (exact) mass is 353 g/mol.